The third-order valence-electron chi connectivity index (χ3n) is 4.54. The average molecular weight is 284 g/mol. The van der Waals surface area contributed by atoms with Crippen LogP contribution in [0.1, 0.15) is 50.3 Å². The molecule has 0 bridgehead atoms. The molecular weight excluding hydrogens is 260 g/mol. The van der Waals surface area contributed by atoms with E-state index >= 15 is 0 Å². The molecule has 0 aliphatic heterocycles. The highest BCUT2D eigenvalue weighted by Gasteiger charge is 2.26. The minimum atomic E-state index is 0.172. The van der Waals surface area contributed by atoms with Crippen LogP contribution in [-0.4, -0.2) is 9.78 Å². The fraction of sp³-hybridized carbons (Fsp3) is 0.471. The highest BCUT2D eigenvalue weighted by Crippen LogP contribution is 2.33. The van der Waals surface area contributed by atoms with E-state index in [1.165, 1.54) is 38.5 Å². The molecule has 1 saturated carbocycles. The van der Waals surface area contributed by atoms with Crippen molar-refractivity contribution in [3.05, 3.63) is 48.3 Å². The molecule has 4 heteroatoms. The van der Waals surface area contributed by atoms with Crippen molar-refractivity contribution < 1.29 is 0 Å². The monoisotopic (exact) mass is 284 g/mol. The summed E-state index contributed by atoms with van der Waals surface area (Å²) >= 11 is 0. The van der Waals surface area contributed by atoms with Crippen LogP contribution in [0.15, 0.2) is 42.6 Å². The van der Waals surface area contributed by atoms with Crippen LogP contribution in [0.4, 0.5) is 0 Å². The van der Waals surface area contributed by atoms with Gasteiger partial charge in [0, 0.05) is 6.20 Å². The van der Waals surface area contributed by atoms with Crippen molar-refractivity contribution in [2.75, 3.05) is 0 Å². The van der Waals surface area contributed by atoms with Crippen molar-refractivity contribution in [1.29, 1.82) is 0 Å². The number of rotatable bonds is 4. The molecule has 112 valence electrons. The van der Waals surface area contributed by atoms with Crippen LogP contribution < -0.4 is 11.3 Å². The zero-order valence-electron chi connectivity index (χ0n) is 12.4. The molecule has 1 aliphatic carbocycles. The van der Waals surface area contributed by atoms with E-state index < -0.39 is 0 Å². The number of hydrogen-bond donors (Lipinski definition) is 2. The lowest BCUT2D eigenvalue weighted by atomic mass is 9.90. The first kappa shape index (κ1) is 14.3. The Labute approximate surface area is 126 Å². The second-order valence-electron chi connectivity index (χ2n) is 5.90. The Balaban J connectivity index is 1.89. The molecule has 0 amide bonds. The first-order valence-corrected chi connectivity index (χ1v) is 7.95. The van der Waals surface area contributed by atoms with Gasteiger partial charge in [-0.25, -0.2) is 4.68 Å². The lowest BCUT2D eigenvalue weighted by Crippen LogP contribution is -2.35. The van der Waals surface area contributed by atoms with Gasteiger partial charge in [-0.15, -0.1) is 0 Å². The van der Waals surface area contributed by atoms with Gasteiger partial charge in [0.25, 0.3) is 0 Å². The summed E-state index contributed by atoms with van der Waals surface area (Å²) in [4.78, 5) is 0. The molecule has 0 saturated heterocycles. The summed E-state index contributed by atoms with van der Waals surface area (Å²) in [7, 11) is 0. The number of nitrogens with zero attached hydrogens (tertiary/aromatic N) is 2. The van der Waals surface area contributed by atoms with Gasteiger partial charge < -0.3 is 0 Å². The predicted octanol–water partition coefficient (Wildman–Crippen LogP) is 3.35. The van der Waals surface area contributed by atoms with Crippen LogP contribution in [-0.2, 0) is 0 Å². The molecule has 3 rings (SSSR count). The number of para-hydroxylation sites is 1. The van der Waals surface area contributed by atoms with Crippen molar-refractivity contribution in [3.63, 3.8) is 0 Å². The zero-order chi connectivity index (χ0) is 14.5. The van der Waals surface area contributed by atoms with E-state index in [1.54, 1.807) is 0 Å². The Morgan fingerprint density at radius 2 is 1.76 bits per heavy atom. The van der Waals surface area contributed by atoms with Gasteiger partial charge in [0.05, 0.1) is 17.4 Å². The molecule has 2 aromatic rings. The summed E-state index contributed by atoms with van der Waals surface area (Å²) < 4.78 is 2.01. The summed E-state index contributed by atoms with van der Waals surface area (Å²) in [6.45, 7) is 0. The van der Waals surface area contributed by atoms with Crippen LogP contribution >= 0.6 is 0 Å². The van der Waals surface area contributed by atoms with E-state index in [0.717, 1.165) is 11.4 Å². The highest BCUT2D eigenvalue weighted by atomic mass is 15.3. The Bertz CT molecular complexity index is 541. The molecule has 1 aromatic heterocycles. The summed E-state index contributed by atoms with van der Waals surface area (Å²) in [5.74, 6) is 6.50. The van der Waals surface area contributed by atoms with E-state index in [9.17, 15) is 0 Å². The number of nitrogens with two attached hydrogens (primary N) is 1. The maximum Gasteiger partial charge on any atom is 0.0661 e. The molecule has 3 N–H and O–H groups in total. The van der Waals surface area contributed by atoms with Gasteiger partial charge in [0.2, 0.25) is 0 Å². The third kappa shape index (κ3) is 3.17. The Kier molecular flexibility index (Phi) is 4.68. The first-order chi connectivity index (χ1) is 10.4. The van der Waals surface area contributed by atoms with E-state index in [1.807, 2.05) is 29.1 Å². The van der Waals surface area contributed by atoms with Gasteiger partial charge in [-0.1, -0.05) is 43.9 Å². The minimum absolute atomic E-state index is 0.172. The fourth-order valence-corrected chi connectivity index (χ4v) is 3.44. The van der Waals surface area contributed by atoms with Gasteiger partial charge in [-0.2, -0.15) is 5.10 Å². The lowest BCUT2D eigenvalue weighted by molar-refractivity contribution is 0.319. The molecular formula is C17H24N4. The van der Waals surface area contributed by atoms with Crippen molar-refractivity contribution >= 4 is 0 Å². The fourth-order valence-electron chi connectivity index (χ4n) is 3.44. The number of benzene rings is 1. The Hall–Kier alpha value is -1.65. The van der Waals surface area contributed by atoms with Crippen LogP contribution in [0.5, 0.6) is 0 Å². The Morgan fingerprint density at radius 1 is 1.05 bits per heavy atom. The first-order valence-electron chi connectivity index (χ1n) is 7.95. The van der Waals surface area contributed by atoms with Gasteiger partial charge in [0.1, 0.15) is 0 Å². The topological polar surface area (TPSA) is 55.9 Å². The lowest BCUT2D eigenvalue weighted by Gasteiger charge is -2.26. The van der Waals surface area contributed by atoms with Crippen LogP contribution in [0.25, 0.3) is 5.69 Å². The van der Waals surface area contributed by atoms with Crippen LogP contribution in [0.3, 0.4) is 0 Å². The second kappa shape index (κ2) is 6.87. The number of hydrogen-bond acceptors (Lipinski definition) is 3. The molecule has 1 aliphatic rings. The number of nitrogens with one attached hydrogen (secondary N) is 1. The number of aromatic nitrogens is 2. The molecule has 1 aromatic carbocycles. The molecule has 1 fully saturated rings. The van der Waals surface area contributed by atoms with E-state index in [-0.39, 0.29) is 6.04 Å². The van der Waals surface area contributed by atoms with E-state index in [4.69, 9.17) is 5.84 Å². The maximum absolute atomic E-state index is 5.90. The summed E-state index contributed by atoms with van der Waals surface area (Å²) in [6, 6.07) is 12.5. The highest BCUT2D eigenvalue weighted by molar-refractivity contribution is 5.33. The van der Waals surface area contributed by atoms with E-state index in [0.29, 0.717) is 5.92 Å². The van der Waals surface area contributed by atoms with Crippen LogP contribution in [0.2, 0.25) is 0 Å². The molecule has 0 radical (unpaired) electrons. The molecule has 1 unspecified atom stereocenters. The summed E-state index contributed by atoms with van der Waals surface area (Å²) in [5.41, 5.74) is 5.30. The average Bonchev–Trinajstić information content (AvgIpc) is 2.85. The Morgan fingerprint density at radius 3 is 2.43 bits per heavy atom. The van der Waals surface area contributed by atoms with Crippen molar-refractivity contribution in [1.82, 2.24) is 15.2 Å². The molecule has 1 heterocycles. The molecule has 4 nitrogen and oxygen atoms in total. The maximum atomic E-state index is 5.90. The summed E-state index contributed by atoms with van der Waals surface area (Å²) in [5, 5.41) is 4.49. The molecule has 1 atom stereocenters. The normalized spacial score (nSPS) is 18.3. The van der Waals surface area contributed by atoms with Gasteiger partial charge in [-0.3, -0.25) is 11.3 Å². The van der Waals surface area contributed by atoms with E-state index in [2.05, 4.69) is 28.7 Å². The number of hydrazine groups is 1. The SMILES string of the molecule is NNC(c1ccnn1-c1ccccc1)C1CCCCCC1. The molecule has 21 heavy (non-hydrogen) atoms. The van der Waals surface area contributed by atoms with Gasteiger partial charge in [-0.05, 0) is 37.0 Å². The van der Waals surface area contributed by atoms with Gasteiger partial charge >= 0.3 is 0 Å². The standard InChI is InChI=1S/C17H24N4/c18-20-17(14-8-4-1-2-5-9-14)16-12-13-19-21(16)15-10-6-3-7-11-15/h3,6-7,10-14,17,20H,1-2,4-5,8-9,18H2. The smallest absolute Gasteiger partial charge is 0.0661 e. The minimum Gasteiger partial charge on any atom is -0.271 e. The van der Waals surface area contributed by atoms with Crippen molar-refractivity contribution in [2.24, 2.45) is 11.8 Å². The zero-order valence-corrected chi connectivity index (χ0v) is 12.4. The summed E-state index contributed by atoms with van der Waals surface area (Å²) in [6.07, 6.45) is 9.68. The van der Waals surface area contributed by atoms with Crippen LogP contribution in [0, 0.1) is 5.92 Å². The van der Waals surface area contributed by atoms with Crippen molar-refractivity contribution in [3.8, 4) is 5.69 Å². The van der Waals surface area contributed by atoms with Crippen molar-refractivity contribution in [2.45, 2.75) is 44.6 Å². The molecule has 0 spiro atoms. The quantitative estimate of drug-likeness (QED) is 0.514. The third-order valence-corrected chi connectivity index (χ3v) is 4.54. The van der Waals surface area contributed by atoms with Gasteiger partial charge in [0.15, 0.2) is 0 Å². The predicted molar refractivity (Wildman–Crippen MR) is 84.8 cm³/mol. The second-order valence-corrected chi connectivity index (χ2v) is 5.90. The largest absolute Gasteiger partial charge is 0.271 e.